The minimum atomic E-state index is -3.06. The number of sulfone groups is 1. The van der Waals surface area contributed by atoms with Crippen LogP contribution in [0.15, 0.2) is 17.3 Å². The largest absolute Gasteiger partial charge is 0.352 e. The molecule has 4 rings (SSSR count). The van der Waals surface area contributed by atoms with Crippen LogP contribution in [0.1, 0.15) is 44.6 Å². The van der Waals surface area contributed by atoms with E-state index in [1.807, 2.05) is 0 Å². The second-order valence-electron chi connectivity index (χ2n) is 7.46. The number of hydrogen-bond acceptors (Lipinski definition) is 6. The Morgan fingerprint density at radius 2 is 2.00 bits per heavy atom. The van der Waals surface area contributed by atoms with E-state index in [1.165, 1.54) is 28.2 Å². The van der Waals surface area contributed by atoms with Crippen LogP contribution in [0.25, 0.3) is 11.0 Å². The molecule has 0 radical (unpaired) electrons. The Bertz CT molecular complexity index is 1020. The maximum atomic E-state index is 12.7. The van der Waals surface area contributed by atoms with Gasteiger partial charge >= 0.3 is 0 Å². The van der Waals surface area contributed by atoms with Gasteiger partial charge in [-0.1, -0.05) is 19.3 Å². The molecule has 0 spiro atoms. The molecule has 1 unspecified atom stereocenters. The summed E-state index contributed by atoms with van der Waals surface area (Å²) in [5, 5.41) is 7.48. The molecule has 2 aromatic rings. The summed E-state index contributed by atoms with van der Waals surface area (Å²) in [6, 6.07) is -0.115. The molecule has 1 saturated carbocycles. The van der Waals surface area contributed by atoms with Crippen molar-refractivity contribution in [3.8, 4) is 0 Å². The predicted molar refractivity (Wildman–Crippen MR) is 99.1 cm³/mol. The quantitative estimate of drug-likeness (QED) is 0.804. The molecule has 2 aliphatic rings. The first kappa shape index (κ1) is 18.1. The van der Waals surface area contributed by atoms with E-state index in [1.54, 1.807) is 0 Å². The van der Waals surface area contributed by atoms with Crippen molar-refractivity contribution >= 4 is 26.8 Å². The molecule has 27 heavy (non-hydrogen) atoms. The van der Waals surface area contributed by atoms with Gasteiger partial charge in [0, 0.05) is 6.04 Å². The van der Waals surface area contributed by atoms with Crippen molar-refractivity contribution in [3.05, 3.63) is 22.9 Å². The highest BCUT2D eigenvalue weighted by molar-refractivity contribution is 7.91. The van der Waals surface area contributed by atoms with E-state index < -0.39 is 9.84 Å². The summed E-state index contributed by atoms with van der Waals surface area (Å²) >= 11 is 0. The number of aromatic nitrogens is 4. The van der Waals surface area contributed by atoms with Crippen LogP contribution in [-0.2, 0) is 21.2 Å². The summed E-state index contributed by atoms with van der Waals surface area (Å²) < 4.78 is 26.2. The average molecular weight is 393 g/mol. The van der Waals surface area contributed by atoms with Gasteiger partial charge < -0.3 is 5.32 Å². The molecule has 9 nitrogen and oxygen atoms in total. The Labute approximate surface area is 156 Å². The smallest absolute Gasteiger partial charge is 0.264 e. The van der Waals surface area contributed by atoms with E-state index in [0.29, 0.717) is 17.5 Å². The third-order valence-corrected chi connectivity index (χ3v) is 7.17. The first-order valence-corrected chi connectivity index (χ1v) is 11.2. The van der Waals surface area contributed by atoms with E-state index in [-0.39, 0.29) is 41.6 Å². The highest BCUT2D eigenvalue weighted by Crippen LogP contribution is 2.25. The van der Waals surface area contributed by atoms with Crippen LogP contribution in [0, 0.1) is 0 Å². The van der Waals surface area contributed by atoms with E-state index in [0.717, 1.165) is 25.7 Å². The number of carbonyl (C=O) groups excluding carboxylic acids is 1. The Hall–Kier alpha value is -2.23. The normalized spacial score (nSPS) is 22.9. The van der Waals surface area contributed by atoms with Gasteiger partial charge in [-0.3, -0.25) is 14.2 Å². The van der Waals surface area contributed by atoms with Crippen LogP contribution in [0.3, 0.4) is 0 Å². The second kappa shape index (κ2) is 7.06. The van der Waals surface area contributed by atoms with E-state index in [9.17, 15) is 18.0 Å². The summed E-state index contributed by atoms with van der Waals surface area (Å²) in [5.74, 6) is -0.0603. The minimum absolute atomic E-state index is 0.0122. The number of rotatable bonds is 4. The zero-order valence-corrected chi connectivity index (χ0v) is 15.8. The van der Waals surface area contributed by atoms with Crippen LogP contribution >= 0.6 is 0 Å². The number of carbonyl (C=O) groups is 1. The SMILES string of the molecule is O=C(Cn1cnc2c(cnn2C2CCS(=O)(=O)C2)c1=O)NC1CCCCC1. The van der Waals surface area contributed by atoms with E-state index in [2.05, 4.69) is 15.4 Å². The van der Waals surface area contributed by atoms with Crippen molar-refractivity contribution in [1.29, 1.82) is 0 Å². The van der Waals surface area contributed by atoms with Gasteiger partial charge in [0.1, 0.15) is 18.3 Å². The number of hydrogen-bond donors (Lipinski definition) is 1. The molecule has 146 valence electrons. The summed E-state index contributed by atoms with van der Waals surface area (Å²) in [4.78, 5) is 29.2. The molecule has 1 N–H and O–H groups in total. The molecule has 0 bridgehead atoms. The Morgan fingerprint density at radius 3 is 2.70 bits per heavy atom. The highest BCUT2D eigenvalue weighted by atomic mass is 32.2. The zero-order chi connectivity index (χ0) is 19.0. The summed E-state index contributed by atoms with van der Waals surface area (Å²) in [5.41, 5.74) is 0.0249. The molecule has 1 aliphatic heterocycles. The molecular weight excluding hydrogens is 370 g/mol. The standard InChI is InChI=1S/C17H23N5O4S/c23-15(20-12-4-2-1-3-5-12)9-21-11-18-16-14(17(21)24)8-19-22(16)13-6-7-27(25,26)10-13/h8,11-13H,1-7,9-10H2,(H,20,23). The topological polar surface area (TPSA) is 116 Å². The van der Waals surface area contributed by atoms with Crippen molar-refractivity contribution in [2.75, 3.05) is 11.5 Å². The van der Waals surface area contributed by atoms with E-state index in [4.69, 9.17) is 0 Å². The predicted octanol–water partition coefficient (Wildman–Crippen LogP) is 0.401. The molecule has 3 heterocycles. The van der Waals surface area contributed by atoms with Crippen LogP contribution in [-0.4, -0.2) is 51.2 Å². The van der Waals surface area contributed by atoms with Crippen molar-refractivity contribution in [3.63, 3.8) is 0 Å². The fourth-order valence-corrected chi connectivity index (χ4v) is 5.68. The summed E-state index contributed by atoms with van der Waals surface area (Å²) in [7, 11) is -3.06. The number of nitrogens with zero attached hydrogens (tertiary/aromatic N) is 4. The van der Waals surface area contributed by atoms with Gasteiger partial charge in [0.05, 0.1) is 23.7 Å². The molecule has 1 saturated heterocycles. The van der Waals surface area contributed by atoms with Crippen molar-refractivity contribution in [1.82, 2.24) is 24.6 Å². The number of nitrogens with one attached hydrogen (secondary N) is 1. The first-order chi connectivity index (χ1) is 12.9. The second-order valence-corrected chi connectivity index (χ2v) is 9.69. The Kier molecular flexibility index (Phi) is 4.75. The van der Waals surface area contributed by atoms with Crippen LogP contribution in [0.4, 0.5) is 0 Å². The average Bonchev–Trinajstić information content (AvgIpc) is 3.21. The fourth-order valence-electron chi connectivity index (χ4n) is 3.99. The van der Waals surface area contributed by atoms with E-state index >= 15 is 0 Å². The van der Waals surface area contributed by atoms with Crippen LogP contribution in [0.2, 0.25) is 0 Å². The third-order valence-electron chi connectivity index (χ3n) is 5.42. The molecule has 1 amide bonds. The fraction of sp³-hybridized carbons (Fsp3) is 0.647. The summed E-state index contributed by atoms with van der Waals surface area (Å²) in [6.45, 7) is -0.0821. The van der Waals surface area contributed by atoms with Crippen molar-refractivity contribution in [2.24, 2.45) is 0 Å². The van der Waals surface area contributed by atoms with Gasteiger partial charge in [-0.15, -0.1) is 0 Å². The molecule has 2 aromatic heterocycles. The van der Waals surface area contributed by atoms with Gasteiger partial charge in [-0.05, 0) is 19.3 Å². The lowest BCUT2D eigenvalue weighted by Crippen LogP contribution is -2.39. The van der Waals surface area contributed by atoms with Crippen molar-refractivity contribution in [2.45, 2.75) is 57.2 Å². The molecular formula is C17H23N5O4S. The molecule has 2 fully saturated rings. The van der Waals surface area contributed by atoms with Gasteiger partial charge in [-0.25, -0.2) is 18.1 Å². The lowest BCUT2D eigenvalue weighted by atomic mass is 9.95. The monoisotopic (exact) mass is 393 g/mol. The number of amides is 1. The minimum Gasteiger partial charge on any atom is -0.352 e. The van der Waals surface area contributed by atoms with Gasteiger partial charge in [0.2, 0.25) is 5.91 Å². The Morgan fingerprint density at radius 1 is 1.22 bits per heavy atom. The third kappa shape index (κ3) is 3.76. The van der Waals surface area contributed by atoms with Gasteiger partial charge in [0.15, 0.2) is 15.5 Å². The summed E-state index contributed by atoms with van der Waals surface area (Å²) in [6.07, 6.45) is 8.62. The zero-order valence-electron chi connectivity index (χ0n) is 15.0. The van der Waals surface area contributed by atoms with Crippen molar-refractivity contribution < 1.29 is 13.2 Å². The molecule has 1 aliphatic carbocycles. The van der Waals surface area contributed by atoms with Gasteiger partial charge in [-0.2, -0.15) is 5.10 Å². The Balaban J connectivity index is 1.53. The van der Waals surface area contributed by atoms with Crippen LogP contribution in [0.5, 0.6) is 0 Å². The first-order valence-electron chi connectivity index (χ1n) is 9.35. The molecule has 10 heteroatoms. The van der Waals surface area contributed by atoms with Gasteiger partial charge in [0.25, 0.3) is 5.56 Å². The maximum Gasteiger partial charge on any atom is 0.264 e. The molecule has 0 aromatic carbocycles. The maximum absolute atomic E-state index is 12.7. The molecule has 1 atom stereocenters. The lowest BCUT2D eigenvalue weighted by Gasteiger charge is -2.22. The number of fused-ring (bicyclic) bond motifs is 1. The highest BCUT2D eigenvalue weighted by Gasteiger charge is 2.31. The van der Waals surface area contributed by atoms with Crippen LogP contribution < -0.4 is 10.9 Å². The lowest BCUT2D eigenvalue weighted by molar-refractivity contribution is -0.122.